The third-order valence-electron chi connectivity index (χ3n) is 9.85. The fourth-order valence-electron chi connectivity index (χ4n) is 7.50. The number of fused-ring (bicyclic) bond motifs is 3. The van der Waals surface area contributed by atoms with E-state index in [2.05, 4.69) is 15.5 Å². The van der Waals surface area contributed by atoms with Crippen molar-refractivity contribution in [2.24, 2.45) is 11.8 Å². The Morgan fingerprint density at radius 1 is 0.918 bits per heavy atom. The van der Waals surface area contributed by atoms with Gasteiger partial charge in [0.15, 0.2) is 17.3 Å². The van der Waals surface area contributed by atoms with E-state index in [1.807, 2.05) is 79.7 Å². The summed E-state index contributed by atoms with van der Waals surface area (Å²) in [6.07, 6.45) is 3.32. The summed E-state index contributed by atoms with van der Waals surface area (Å²) < 4.78 is 29.0. The molecule has 5 aliphatic rings. The molecule has 2 fully saturated rings. The van der Waals surface area contributed by atoms with Crippen LogP contribution in [-0.2, 0) is 35.5 Å². The summed E-state index contributed by atoms with van der Waals surface area (Å²) >= 11 is 0. The lowest BCUT2D eigenvalue weighted by molar-refractivity contribution is 0.0735. The number of carbonyl (C=O) groups excluding carboxylic acids is 2. The molecule has 1 unspecified atom stereocenters. The summed E-state index contributed by atoms with van der Waals surface area (Å²) in [4.78, 5) is 35.1. The van der Waals surface area contributed by atoms with Crippen LogP contribution in [0.2, 0.25) is 0 Å². The van der Waals surface area contributed by atoms with Gasteiger partial charge in [0, 0.05) is 50.7 Å². The van der Waals surface area contributed by atoms with Crippen molar-refractivity contribution in [2.75, 3.05) is 45.3 Å². The van der Waals surface area contributed by atoms with Crippen molar-refractivity contribution in [3.63, 3.8) is 0 Å². The van der Waals surface area contributed by atoms with E-state index in [9.17, 15) is 9.59 Å². The molecular formula is C38H38N4O7. The van der Waals surface area contributed by atoms with E-state index in [1.54, 1.807) is 6.20 Å². The van der Waals surface area contributed by atoms with Crippen molar-refractivity contribution in [2.45, 2.75) is 38.1 Å². The summed E-state index contributed by atoms with van der Waals surface area (Å²) in [5, 5.41) is 7.27. The zero-order valence-electron chi connectivity index (χ0n) is 27.6. The number of ketones is 2. The van der Waals surface area contributed by atoms with Gasteiger partial charge in [0.1, 0.15) is 30.3 Å². The SMILES string of the molecule is C1COCCN1.CN(C)c1ncc(OCc2ccccc2)c2c1CC1C[C@H]3Cc4onc(OCc5ccccc5)c4C(=O)[C@]34OC4=C1C2=O. The maximum Gasteiger partial charge on any atom is 0.265 e. The van der Waals surface area contributed by atoms with Crippen molar-refractivity contribution in [1.82, 2.24) is 15.5 Å². The Kier molecular flexibility index (Phi) is 8.17. The van der Waals surface area contributed by atoms with Gasteiger partial charge in [0.05, 0.1) is 25.0 Å². The Balaban J connectivity index is 0.000000527. The van der Waals surface area contributed by atoms with Crippen molar-refractivity contribution >= 4 is 17.4 Å². The molecule has 3 atom stereocenters. The maximum atomic E-state index is 14.4. The van der Waals surface area contributed by atoms with Crippen LogP contribution in [0.25, 0.3) is 0 Å². The molecule has 9 rings (SSSR count). The third-order valence-corrected chi connectivity index (χ3v) is 9.85. The fraction of sp³-hybridized carbons (Fsp3) is 0.368. The molecule has 0 radical (unpaired) electrons. The standard InChI is InChI=1S/C34H29N3O6.C4H9NO/c1-37(2)32-23-14-21-13-22-15-24-28(33(36-43-24)41-18-20-11-7-4-8-12-20)30(39)34(22)31(42-34)26(21)29(38)27(23)25(16-35-32)40-17-19-9-5-3-6-10-19;1-3-6-4-2-5-1/h3-12,16,21-22H,13-15,17-18H2,1-2H3;5H,1-4H2/t21?,22-,34+;/m0./s1. The molecule has 2 aromatic carbocycles. The largest absolute Gasteiger partial charge is 0.486 e. The minimum absolute atomic E-state index is 0.105. The number of carbonyl (C=O) groups is 2. The van der Waals surface area contributed by atoms with Crippen LogP contribution in [0, 0.1) is 11.8 Å². The molecular weight excluding hydrogens is 624 g/mol. The topological polar surface area (TPSA) is 129 Å². The average molecular weight is 663 g/mol. The second-order valence-electron chi connectivity index (χ2n) is 13.2. The van der Waals surface area contributed by atoms with E-state index in [0.717, 1.165) is 48.8 Å². The minimum atomic E-state index is -1.18. The van der Waals surface area contributed by atoms with Crippen molar-refractivity contribution in [1.29, 1.82) is 0 Å². The van der Waals surface area contributed by atoms with Gasteiger partial charge in [-0.3, -0.25) is 9.59 Å². The van der Waals surface area contributed by atoms with Gasteiger partial charge in [-0.2, -0.15) is 0 Å². The van der Waals surface area contributed by atoms with Gasteiger partial charge in [-0.1, -0.05) is 60.7 Å². The van der Waals surface area contributed by atoms with E-state index >= 15 is 0 Å². The predicted octanol–water partition coefficient (Wildman–Crippen LogP) is 4.74. The van der Waals surface area contributed by atoms with E-state index in [4.69, 9.17) is 23.5 Å². The van der Waals surface area contributed by atoms with E-state index in [-0.39, 0.29) is 35.9 Å². The molecule has 1 spiro atoms. The number of allylic oxidation sites excluding steroid dienone is 1. The molecule has 252 valence electrons. The van der Waals surface area contributed by atoms with Gasteiger partial charge < -0.3 is 33.7 Å². The van der Waals surface area contributed by atoms with Gasteiger partial charge in [-0.25, -0.2) is 4.98 Å². The van der Waals surface area contributed by atoms with Gasteiger partial charge in [0.25, 0.3) is 5.88 Å². The molecule has 2 saturated heterocycles. The van der Waals surface area contributed by atoms with Crippen LogP contribution in [0.3, 0.4) is 0 Å². The first kappa shape index (κ1) is 31.3. The highest BCUT2D eigenvalue weighted by molar-refractivity contribution is 6.18. The fourth-order valence-corrected chi connectivity index (χ4v) is 7.50. The van der Waals surface area contributed by atoms with Crippen LogP contribution >= 0.6 is 0 Å². The first-order valence-corrected chi connectivity index (χ1v) is 16.8. The zero-order valence-corrected chi connectivity index (χ0v) is 27.6. The first-order chi connectivity index (χ1) is 24.0. The molecule has 0 amide bonds. The molecule has 11 heteroatoms. The van der Waals surface area contributed by atoms with Gasteiger partial charge >= 0.3 is 0 Å². The lowest BCUT2D eigenvalue weighted by Gasteiger charge is -2.36. The summed E-state index contributed by atoms with van der Waals surface area (Å²) in [7, 11) is 3.84. The van der Waals surface area contributed by atoms with E-state index in [0.29, 0.717) is 59.8 Å². The van der Waals surface area contributed by atoms with Crippen LogP contribution in [0.5, 0.6) is 11.6 Å². The summed E-state index contributed by atoms with van der Waals surface area (Å²) in [5.41, 5.74) is 3.02. The van der Waals surface area contributed by atoms with Crippen LogP contribution in [0.4, 0.5) is 5.82 Å². The van der Waals surface area contributed by atoms with Crippen LogP contribution < -0.4 is 19.7 Å². The number of hydrogen-bond acceptors (Lipinski definition) is 11. The Bertz CT molecular complexity index is 1910. The van der Waals surface area contributed by atoms with Gasteiger partial charge in [0.2, 0.25) is 11.4 Å². The highest BCUT2D eigenvalue weighted by Gasteiger charge is 2.72. The van der Waals surface area contributed by atoms with Gasteiger partial charge in [-0.15, -0.1) is 0 Å². The Morgan fingerprint density at radius 3 is 2.24 bits per heavy atom. The number of rotatable bonds is 7. The van der Waals surface area contributed by atoms with Crippen LogP contribution in [-0.4, -0.2) is 67.7 Å². The van der Waals surface area contributed by atoms with Crippen LogP contribution in [0.1, 0.15) is 49.6 Å². The summed E-state index contributed by atoms with van der Waals surface area (Å²) in [6, 6.07) is 19.5. The molecule has 2 aromatic heterocycles. The predicted molar refractivity (Wildman–Crippen MR) is 179 cm³/mol. The van der Waals surface area contributed by atoms with Crippen molar-refractivity contribution in [3.05, 3.63) is 112 Å². The van der Waals surface area contributed by atoms with Gasteiger partial charge in [-0.05, 0) is 35.0 Å². The second kappa shape index (κ2) is 12.8. The summed E-state index contributed by atoms with van der Waals surface area (Å²) in [5.74, 6) is 1.67. The number of epoxide rings is 1. The number of Topliss-reactive ketones (excluding diaryl/α,β-unsaturated/α-hetero) is 2. The van der Waals surface area contributed by atoms with Crippen molar-refractivity contribution < 1.29 is 33.1 Å². The van der Waals surface area contributed by atoms with E-state index < -0.39 is 5.60 Å². The quantitative estimate of drug-likeness (QED) is 0.276. The normalized spacial score (nSPS) is 23.0. The number of ether oxygens (including phenoxy) is 4. The molecule has 2 aliphatic heterocycles. The second-order valence-corrected chi connectivity index (χ2v) is 13.2. The smallest absolute Gasteiger partial charge is 0.265 e. The minimum Gasteiger partial charge on any atom is -0.486 e. The monoisotopic (exact) mass is 662 g/mol. The highest BCUT2D eigenvalue weighted by Crippen LogP contribution is 2.63. The zero-order chi connectivity index (χ0) is 33.5. The lowest BCUT2D eigenvalue weighted by Crippen LogP contribution is -2.44. The number of nitrogens with one attached hydrogen (secondary N) is 1. The number of benzene rings is 2. The number of anilines is 1. The molecule has 3 aliphatic carbocycles. The molecule has 4 aromatic rings. The molecule has 11 nitrogen and oxygen atoms in total. The maximum absolute atomic E-state index is 14.4. The molecule has 1 N–H and O–H groups in total. The van der Waals surface area contributed by atoms with Crippen LogP contribution in [0.15, 0.2) is 82.7 Å². The number of hydrogen-bond donors (Lipinski definition) is 1. The average Bonchev–Trinajstić information content (AvgIpc) is 3.76. The highest BCUT2D eigenvalue weighted by atomic mass is 16.6. The Hall–Kier alpha value is -5.00. The Labute approximate surface area is 284 Å². The first-order valence-electron chi connectivity index (χ1n) is 16.8. The lowest BCUT2D eigenvalue weighted by atomic mass is 9.63. The molecule has 49 heavy (non-hydrogen) atoms. The Morgan fingerprint density at radius 2 is 1.61 bits per heavy atom. The number of pyridine rings is 1. The summed E-state index contributed by atoms with van der Waals surface area (Å²) in [6.45, 7) is 4.39. The number of aromatic nitrogens is 2. The number of nitrogens with zero attached hydrogens (tertiary/aromatic N) is 3. The van der Waals surface area contributed by atoms with Crippen molar-refractivity contribution in [3.8, 4) is 11.6 Å². The molecule has 0 saturated carbocycles. The molecule has 4 heterocycles. The molecule has 0 bridgehead atoms. The third kappa shape index (κ3) is 5.56. The van der Waals surface area contributed by atoms with E-state index in [1.165, 1.54) is 0 Å². The number of morpholine rings is 1.